The third kappa shape index (κ3) is 2.42. The highest BCUT2D eigenvalue weighted by molar-refractivity contribution is 5.77. The summed E-state index contributed by atoms with van der Waals surface area (Å²) in [4.78, 5) is 24.3. The number of hydrogen-bond acceptors (Lipinski definition) is 4. The summed E-state index contributed by atoms with van der Waals surface area (Å²) in [5.74, 6) is -1.19. The molecule has 0 aromatic rings. The molecule has 0 spiro atoms. The van der Waals surface area contributed by atoms with E-state index < -0.39 is 5.97 Å². The van der Waals surface area contributed by atoms with Gasteiger partial charge in [0, 0.05) is 19.6 Å². The van der Waals surface area contributed by atoms with Gasteiger partial charge in [-0.05, 0) is 19.4 Å². The molecule has 2 fully saturated rings. The van der Waals surface area contributed by atoms with E-state index in [0.29, 0.717) is 19.6 Å². The lowest BCUT2D eigenvalue weighted by molar-refractivity contribution is -0.142. The number of carbonyl (C=O) groups is 2. The third-order valence-electron chi connectivity index (χ3n) is 3.88. The predicted molar refractivity (Wildman–Crippen MR) is 61.3 cm³/mol. The van der Waals surface area contributed by atoms with Crippen molar-refractivity contribution in [3.63, 3.8) is 0 Å². The maximum atomic E-state index is 11.2. The molecule has 1 atom stereocenters. The van der Waals surface area contributed by atoms with Gasteiger partial charge >= 0.3 is 5.97 Å². The maximum absolute atomic E-state index is 11.2. The third-order valence-corrected chi connectivity index (χ3v) is 3.88. The van der Waals surface area contributed by atoms with E-state index in [0.717, 1.165) is 19.4 Å². The first-order chi connectivity index (χ1) is 8.03. The number of nitrogens with zero attached hydrogens (tertiary/aromatic N) is 1. The average molecular weight is 241 g/mol. The Morgan fingerprint density at radius 3 is 2.65 bits per heavy atom. The van der Waals surface area contributed by atoms with Gasteiger partial charge in [0.15, 0.2) is 0 Å². The number of nitrogens with one attached hydrogen (secondary N) is 1. The molecular weight excluding hydrogens is 222 g/mol. The smallest absolute Gasteiger partial charge is 0.305 e. The Bertz CT molecular complexity index is 328. The van der Waals surface area contributed by atoms with Gasteiger partial charge in [-0.25, -0.2) is 0 Å². The minimum Gasteiger partial charge on any atom is -0.481 e. The lowest BCUT2D eigenvalue weighted by Gasteiger charge is -2.52. The van der Waals surface area contributed by atoms with E-state index >= 15 is 0 Å². The molecule has 2 aliphatic rings. The van der Waals surface area contributed by atoms with Gasteiger partial charge in [-0.2, -0.15) is 0 Å². The number of nitrogens with two attached hydrogens (primary N) is 1. The first kappa shape index (κ1) is 12.3. The number of rotatable bonds is 4. The second-order valence-electron chi connectivity index (χ2n) is 5.09. The number of amides is 1. The molecule has 96 valence electrons. The van der Waals surface area contributed by atoms with Crippen LogP contribution in [0.25, 0.3) is 0 Å². The number of carboxylic acid groups (broad SMARTS) is 1. The fourth-order valence-electron chi connectivity index (χ4n) is 2.80. The second kappa shape index (κ2) is 4.62. The van der Waals surface area contributed by atoms with E-state index in [-0.39, 0.29) is 23.8 Å². The SMILES string of the molecule is NC(=O)C1CCCN(C2(CC(=O)O)CNC2)C1. The van der Waals surface area contributed by atoms with E-state index in [2.05, 4.69) is 10.2 Å². The summed E-state index contributed by atoms with van der Waals surface area (Å²) in [7, 11) is 0. The van der Waals surface area contributed by atoms with Crippen LogP contribution in [0.4, 0.5) is 0 Å². The van der Waals surface area contributed by atoms with Crippen LogP contribution in [0.1, 0.15) is 19.3 Å². The van der Waals surface area contributed by atoms with Gasteiger partial charge in [0.05, 0.1) is 17.9 Å². The molecule has 0 saturated carbocycles. The molecular formula is C11H19N3O3. The Morgan fingerprint density at radius 1 is 1.47 bits per heavy atom. The first-order valence-electron chi connectivity index (χ1n) is 6.00. The fraction of sp³-hybridized carbons (Fsp3) is 0.818. The Morgan fingerprint density at radius 2 is 2.18 bits per heavy atom. The van der Waals surface area contributed by atoms with Crippen molar-refractivity contribution in [3.05, 3.63) is 0 Å². The molecule has 4 N–H and O–H groups in total. The summed E-state index contributed by atoms with van der Waals surface area (Å²) in [6.45, 7) is 2.83. The molecule has 2 rings (SSSR count). The van der Waals surface area contributed by atoms with Gasteiger partial charge in [0.1, 0.15) is 0 Å². The molecule has 0 aromatic heterocycles. The van der Waals surface area contributed by atoms with Crippen molar-refractivity contribution in [2.24, 2.45) is 11.7 Å². The number of piperidine rings is 1. The van der Waals surface area contributed by atoms with E-state index in [1.807, 2.05) is 0 Å². The summed E-state index contributed by atoms with van der Waals surface area (Å²) in [5, 5.41) is 12.1. The van der Waals surface area contributed by atoms with Crippen molar-refractivity contribution < 1.29 is 14.7 Å². The molecule has 6 heteroatoms. The zero-order chi connectivity index (χ0) is 12.5. The van der Waals surface area contributed by atoms with Crippen LogP contribution in [0.15, 0.2) is 0 Å². The number of carboxylic acids is 1. The molecule has 1 amide bonds. The Hall–Kier alpha value is -1.14. The first-order valence-corrected chi connectivity index (χ1v) is 6.00. The molecule has 0 radical (unpaired) electrons. The molecule has 1 unspecified atom stereocenters. The number of likely N-dealkylation sites (tertiary alicyclic amines) is 1. The number of carbonyl (C=O) groups excluding carboxylic acids is 1. The van der Waals surface area contributed by atoms with Gasteiger partial charge in [-0.15, -0.1) is 0 Å². The summed E-state index contributed by atoms with van der Waals surface area (Å²) in [6, 6.07) is 0. The number of primary amides is 1. The van der Waals surface area contributed by atoms with Gasteiger partial charge in [0.2, 0.25) is 5.91 Å². The maximum Gasteiger partial charge on any atom is 0.305 e. The van der Waals surface area contributed by atoms with Gasteiger partial charge in [-0.1, -0.05) is 0 Å². The van der Waals surface area contributed by atoms with Gasteiger partial charge in [0.25, 0.3) is 0 Å². The monoisotopic (exact) mass is 241 g/mol. The van der Waals surface area contributed by atoms with Crippen LogP contribution in [0.3, 0.4) is 0 Å². The topological polar surface area (TPSA) is 95.7 Å². The van der Waals surface area contributed by atoms with Crippen LogP contribution in [-0.4, -0.2) is 53.6 Å². The Kier molecular flexibility index (Phi) is 3.35. The van der Waals surface area contributed by atoms with Crippen LogP contribution in [0.5, 0.6) is 0 Å². The molecule has 0 aromatic carbocycles. The van der Waals surface area contributed by atoms with Crippen molar-refractivity contribution in [2.45, 2.75) is 24.8 Å². The normalized spacial score (nSPS) is 28.4. The number of hydrogen-bond donors (Lipinski definition) is 3. The zero-order valence-corrected chi connectivity index (χ0v) is 9.82. The lowest BCUT2D eigenvalue weighted by Crippen LogP contribution is -2.71. The number of aliphatic carboxylic acids is 1. The predicted octanol–water partition coefficient (Wildman–Crippen LogP) is -1.000. The zero-order valence-electron chi connectivity index (χ0n) is 9.82. The highest BCUT2D eigenvalue weighted by Crippen LogP contribution is 2.30. The molecule has 17 heavy (non-hydrogen) atoms. The molecule has 2 aliphatic heterocycles. The van der Waals surface area contributed by atoms with E-state index in [9.17, 15) is 9.59 Å². The summed E-state index contributed by atoms with van der Waals surface area (Å²) < 4.78 is 0. The molecule has 0 aliphatic carbocycles. The quantitative estimate of drug-likeness (QED) is 0.587. The van der Waals surface area contributed by atoms with Crippen molar-refractivity contribution in [2.75, 3.05) is 26.2 Å². The summed E-state index contributed by atoms with van der Waals surface area (Å²) in [5.41, 5.74) is 5.03. The van der Waals surface area contributed by atoms with Gasteiger partial charge in [-0.3, -0.25) is 14.5 Å². The average Bonchev–Trinajstić information content (AvgIpc) is 2.23. The van der Waals surface area contributed by atoms with Crippen molar-refractivity contribution in [3.8, 4) is 0 Å². The lowest BCUT2D eigenvalue weighted by atomic mass is 9.83. The molecule has 0 bridgehead atoms. The highest BCUT2D eigenvalue weighted by Gasteiger charge is 2.46. The van der Waals surface area contributed by atoms with Crippen LogP contribution >= 0.6 is 0 Å². The largest absolute Gasteiger partial charge is 0.481 e. The van der Waals surface area contributed by atoms with E-state index in [1.165, 1.54) is 0 Å². The minimum atomic E-state index is -0.785. The molecule has 2 saturated heterocycles. The van der Waals surface area contributed by atoms with Crippen LogP contribution in [0.2, 0.25) is 0 Å². The second-order valence-corrected chi connectivity index (χ2v) is 5.09. The standard InChI is InChI=1S/C11H19N3O3/c12-10(17)8-2-1-3-14(5-8)11(4-9(15)16)6-13-7-11/h8,13H,1-7H2,(H2,12,17)(H,15,16). The van der Waals surface area contributed by atoms with Crippen LogP contribution in [-0.2, 0) is 9.59 Å². The Balaban J connectivity index is 2.04. The molecule has 6 nitrogen and oxygen atoms in total. The summed E-state index contributed by atoms with van der Waals surface area (Å²) >= 11 is 0. The van der Waals surface area contributed by atoms with Crippen LogP contribution < -0.4 is 11.1 Å². The van der Waals surface area contributed by atoms with Gasteiger partial charge < -0.3 is 16.2 Å². The highest BCUT2D eigenvalue weighted by atomic mass is 16.4. The van der Waals surface area contributed by atoms with Crippen molar-refractivity contribution >= 4 is 11.9 Å². The fourth-order valence-corrected chi connectivity index (χ4v) is 2.80. The summed E-state index contributed by atoms with van der Waals surface area (Å²) in [6.07, 6.45) is 1.86. The van der Waals surface area contributed by atoms with Crippen LogP contribution in [0, 0.1) is 5.92 Å². The van der Waals surface area contributed by atoms with Crippen molar-refractivity contribution in [1.29, 1.82) is 0 Å². The molecule has 2 heterocycles. The Labute approximate surface area is 100 Å². The van der Waals surface area contributed by atoms with Crippen molar-refractivity contribution in [1.82, 2.24) is 10.2 Å². The minimum absolute atomic E-state index is 0.130. The van der Waals surface area contributed by atoms with E-state index in [4.69, 9.17) is 10.8 Å². The van der Waals surface area contributed by atoms with E-state index in [1.54, 1.807) is 0 Å².